The predicted octanol–water partition coefficient (Wildman–Crippen LogP) is 4.95. The third kappa shape index (κ3) is 6.51. The van der Waals surface area contributed by atoms with Crippen LogP contribution in [0, 0.1) is 0 Å². The first-order valence-electron chi connectivity index (χ1n) is 11.8. The van der Waals surface area contributed by atoms with E-state index in [4.69, 9.17) is 0 Å². The lowest BCUT2D eigenvalue weighted by molar-refractivity contribution is -0.141. The van der Waals surface area contributed by atoms with Crippen LogP contribution in [0.3, 0.4) is 0 Å². The molecule has 3 aromatic rings. The first-order chi connectivity index (χ1) is 16.2. The van der Waals surface area contributed by atoms with Gasteiger partial charge in [-0.1, -0.05) is 61.7 Å². The maximum Gasteiger partial charge on any atom is 0.249 e. The fourth-order valence-corrected chi connectivity index (χ4v) is 5.15. The lowest BCUT2D eigenvalue weighted by atomic mass is 9.95. The number of rotatable bonds is 9. The van der Waals surface area contributed by atoms with Crippen LogP contribution in [0.25, 0.3) is 0 Å². The molecule has 2 amide bonds. The van der Waals surface area contributed by atoms with Crippen LogP contribution in [-0.2, 0) is 22.4 Å². The van der Waals surface area contributed by atoms with Crippen molar-refractivity contribution in [3.05, 3.63) is 88.4 Å². The molecule has 0 radical (unpaired) electrons. The molecule has 4 rings (SSSR count). The van der Waals surface area contributed by atoms with Gasteiger partial charge in [-0.25, -0.2) is 0 Å². The van der Waals surface area contributed by atoms with Gasteiger partial charge in [0.25, 0.3) is 0 Å². The summed E-state index contributed by atoms with van der Waals surface area (Å²) in [6.45, 7) is 0.452. The lowest BCUT2D eigenvalue weighted by Gasteiger charge is -2.33. The summed E-state index contributed by atoms with van der Waals surface area (Å²) >= 11 is 1.56. The number of benzene rings is 1. The van der Waals surface area contributed by atoms with Crippen molar-refractivity contribution in [2.75, 3.05) is 6.54 Å². The average molecular weight is 462 g/mol. The van der Waals surface area contributed by atoms with Gasteiger partial charge in [0, 0.05) is 23.7 Å². The van der Waals surface area contributed by atoms with Gasteiger partial charge in [0.1, 0.15) is 0 Å². The fourth-order valence-electron chi connectivity index (χ4n) is 4.46. The Morgan fingerprint density at radius 1 is 1.00 bits per heavy atom. The maximum atomic E-state index is 13.6. The molecule has 0 saturated heterocycles. The van der Waals surface area contributed by atoms with Crippen molar-refractivity contribution in [2.45, 2.75) is 57.0 Å². The first-order valence-corrected chi connectivity index (χ1v) is 12.7. The highest BCUT2D eigenvalue weighted by molar-refractivity contribution is 7.10. The van der Waals surface area contributed by atoms with Gasteiger partial charge in [-0.3, -0.25) is 14.6 Å². The van der Waals surface area contributed by atoms with Crippen molar-refractivity contribution in [3.63, 3.8) is 0 Å². The van der Waals surface area contributed by atoms with E-state index in [9.17, 15) is 9.59 Å². The van der Waals surface area contributed by atoms with Crippen LogP contribution in [0.2, 0.25) is 0 Å². The third-order valence-electron chi connectivity index (χ3n) is 6.19. The number of carbonyl (C=O) groups is 2. The molecule has 6 heteroatoms. The van der Waals surface area contributed by atoms with Crippen LogP contribution in [0.4, 0.5) is 0 Å². The van der Waals surface area contributed by atoms with Gasteiger partial charge in [-0.15, -0.1) is 11.3 Å². The van der Waals surface area contributed by atoms with Gasteiger partial charge in [0.05, 0.1) is 12.1 Å². The molecular formula is C27H31N3O2S. The molecule has 1 aliphatic carbocycles. The molecule has 0 unspecified atom stereocenters. The Bertz CT molecular complexity index is 1000. The quantitative estimate of drug-likeness (QED) is 0.491. The molecule has 2 aromatic heterocycles. The van der Waals surface area contributed by atoms with Crippen molar-refractivity contribution < 1.29 is 9.59 Å². The van der Waals surface area contributed by atoms with Crippen LogP contribution in [0.1, 0.15) is 54.3 Å². The molecular weight excluding hydrogens is 430 g/mol. The Morgan fingerprint density at radius 2 is 1.79 bits per heavy atom. The maximum absolute atomic E-state index is 13.6. The van der Waals surface area contributed by atoms with Crippen LogP contribution in [-0.4, -0.2) is 34.3 Å². The number of thiophene rings is 1. The van der Waals surface area contributed by atoms with Gasteiger partial charge in [0.2, 0.25) is 11.8 Å². The zero-order valence-corrected chi connectivity index (χ0v) is 19.7. The number of nitrogens with zero attached hydrogens (tertiary/aromatic N) is 2. The summed E-state index contributed by atoms with van der Waals surface area (Å²) in [5.74, 6) is -0.184. The average Bonchev–Trinajstić information content (AvgIpc) is 3.36. The predicted molar refractivity (Wildman–Crippen MR) is 132 cm³/mol. The van der Waals surface area contributed by atoms with Crippen molar-refractivity contribution in [2.24, 2.45) is 0 Å². The van der Waals surface area contributed by atoms with Gasteiger partial charge >= 0.3 is 0 Å². The Hall–Kier alpha value is -2.99. The molecule has 1 fully saturated rings. The SMILES string of the molecule is O=C(NC1CCCCC1)[C@H](c1ccccn1)N(CCc1ccccc1)C(=O)Cc1cccs1. The summed E-state index contributed by atoms with van der Waals surface area (Å²) in [5.41, 5.74) is 1.75. The number of pyridine rings is 1. The molecule has 1 aromatic carbocycles. The van der Waals surface area contributed by atoms with Gasteiger partial charge < -0.3 is 10.2 Å². The molecule has 1 N–H and O–H groups in total. The number of carbonyl (C=O) groups excluding carboxylic acids is 2. The Balaban J connectivity index is 1.61. The van der Waals surface area contributed by atoms with E-state index < -0.39 is 6.04 Å². The van der Waals surface area contributed by atoms with E-state index in [1.54, 1.807) is 22.4 Å². The zero-order chi connectivity index (χ0) is 22.9. The highest BCUT2D eigenvalue weighted by Crippen LogP contribution is 2.24. The number of amides is 2. The molecule has 0 spiro atoms. The smallest absolute Gasteiger partial charge is 0.249 e. The minimum atomic E-state index is -0.746. The molecule has 1 saturated carbocycles. The largest absolute Gasteiger partial charge is 0.351 e. The summed E-state index contributed by atoms with van der Waals surface area (Å²) in [7, 11) is 0. The summed E-state index contributed by atoms with van der Waals surface area (Å²) in [6.07, 6.45) is 8.13. The molecule has 5 nitrogen and oxygen atoms in total. The zero-order valence-electron chi connectivity index (χ0n) is 18.9. The van der Waals surface area contributed by atoms with Gasteiger partial charge in [-0.05, 0) is 48.4 Å². The van der Waals surface area contributed by atoms with Crippen LogP contribution in [0.5, 0.6) is 0 Å². The van der Waals surface area contributed by atoms with E-state index in [-0.39, 0.29) is 24.3 Å². The number of aromatic nitrogens is 1. The molecule has 172 valence electrons. The first kappa shape index (κ1) is 23.2. The molecule has 0 aliphatic heterocycles. The number of hydrogen-bond acceptors (Lipinski definition) is 4. The Morgan fingerprint density at radius 3 is 2.48 bits per heavy atom. The van der Waals surface area contributed by atoms with Crippen LogP contribution < -0.4 is 5.32 Å². The van der Waals surface area contributed by atoms with Crippen LogP contribution in [0.15, 0.2) is 72.2 Å². The lowest BCUT2D eigenvalue weighted by Crippen LogP contribution is -2.48. The summed E-state index contributed by atoms with van der Waals surface area (Å²) in [5, 5.41) is 5.21. The number of nitrogens with one attached hydrogen (secondary N) is 1. The van der Waals surface area contributed by atoms with Crippen molar-refractivity contribution in [3.8, 4) is 0 Å². The highest BCUT2D eigenvalue weighted by atomic mass is 32.1. The van der Waals surface area contributed by atoms with E-state index in [2.05, 4.69) is 22.4 Å². The molecule has 2 heterocycles. The van der Waals surface area contributed by atoms with Crippen molar-refractivity contribution >= 4 is 23.2 Å². The van der Waals surface area contributed by atoms with Crippen molar-refractivity contribution in [1.29, 1.82) is 0 Å². The normalized spacial score (nSPS) is 15.0. The number of hydrogen-bond donors (Lipinski definition) is 1. The van der Waals surface area contributed by atoms with E-state index in [0.29, 0.717) is 18.7 Å². The van der Waals surface area contributed by atoms with Gasteiger partial charge in [0.15, 0.2) is 6.04 Å². The van der Waals surface area contributed by atoms with E-state index in [0.717, 1.165) is 36.1 Å². The minimum absolute atomic E-state index is 0.0529. The standard InChI is InChI=1S/C27H31N3O2S/c31-25(20-23-14-9-19-33-23)30(18-16-21-10-3-1-4-11-21)26(24-15-7-8-17-28-24)27(32)29-22-12-5-2-6-13-22/h1,3-4,7-11,14-15,17,19,22,26H,2,5-6,12-13,16,18,20H2,(H,29,32)/t26-/m0/s1. The third-order valence-corrected chi connectivity index (χ3v) is 7.07. The Labute approximate surface area is 199 Å². The molecule has 0 bridgehead atoms. The Kier molecular flexibility index (Phi) is 8.25. The monoisotopic (exact) mass is 461 g/mol. The van der Waals surface area contributed by atoms with Crippen molar-refractivity contribution in [1.82, 2.24) is 15.2 Å². The molecule has 33 heavy (non-hydrogen) atoms. The van der Waals surface area contributed by atoms with E-state index in [1.807, 2.05) is 53.9 Å². The summed E-state index contributed by atoms with van der Waals surface area (Å²) < 4.78 is 0. The molecule has 1 aliphatic rings. The highest BCUT2D eigenvalue weighted by Gasteiger charge is 2.33. The van der Waals surface area contributed by atoms with Crippen LogP contribution >= 0.6 is 11.3 Å². The topological polar surface area (TPSA) is 62.3 Å². The second kappa shape index (κ2) is 11.8. The minimum Gasteiger partial charge on any atom is -0.351 e. The fraction of sp³-hybridized carbons (Fsp3) is 0.370. The van der Waals surface area contributed by atoms with E-state index >= 15 is 0 Å². The van der Waals surface area contributed by atoms with Gasteiger partial charge in [-0.2, -0.15) is 0 Å². The summed E-state index contributed by atoms with van der Waals surface area (Å²) in [4.78, 5) is 34.4. The van der Waals surface area contributed by atoms with E-state index in [1.165, 1.54) is 6.42 Å². The second-order valence-corrected chi connectivity index (χ2v) is 9.61. The molecule has 1 atom stereocenters. The second-order valence-electron chi connectivity index (χ2n) is 8.58. The summed E-state index contributed by atoms with van der Waals surface area (Å²) in [6, 6.07) is 19.0.